The summed E-state index contributed by atoms with van der Waals surface area (Å²) in [6.07, 6.45) is 8.55. The molecule has 2 aromatic carbocycles. The lowest BCUT2D eigenvalue weighted by molar-refractivity contribution is -0.125. The van der Waals surface area contributed by atoms with Gasteiger partial charge in [-0.3, -0.25) is 14.9 Å². The quantitative estimate of drug-likeness (QED) is 0.260. The average molecular weight is 562 g/mol. The lowest BCUT2D eigenvalue weighted by atomic mass is 9.98. The van der Waals surface area contributed by atoms with E-state index in [1.165, 1.54) is 6.07 Å². The number of fused-ring (bicyclic) bond motifs is 2. The summed E-state index contributed by atoms with van der Waals surface area (Å²) in [5.74, 6) is -0.104. The summed E-state index contributed by atoms with van der Waals surface area (Å²) in [6.45, 7) is 2.51. The number of halogens is 1. The van der Waals surface area contributed by atoms with Crippen molar-refractivity contribution in [1.82, 2.24) is 30.4 Å². The Morgan fingerprint density at radius 1 is 1.05 bits per heavy atom. The smallest absolute Gasteiger partial charge is 0.223 e. The number of aromatic amines is 2. The van der Waals surface area contributed by atoms with Crippen LogP contribution in [0.15, 0.2) is 71.9 Å². The third-order valence-electron chi connectivity index (χ3n) is 8.40. The molecular weight excluding hydrogens is 529 g/mol. The van der Waals surface area contributed by atoms with Gasteiger partial charge in [0.2, 0.25) is 5.91 Å². The van der Waals surface area contributed by atoms with E-state index in [4.69, 9.17) is 0 Å². The number of benzene rings is 2. The number of dihydropyridines is 1. The second kappa shape index (κ2) is 11.0. The maximum Gasteiger partial charge on any atom is 0.223 e. The molecule has 9 heteroatoms. The summed E-state index contributed by atoms with van der Waals surface area (Å²) in [4.78, 5) is 28.0. The van der Waals surface area contributed by atoms with Crippen molar-refractivity contribution in [2.24, 2.45) is 10.9 Å². The highest BCUT2D eigenvalue weighted by Crippen LogP contribution is 2.35. The first-order valence-electron chi connectivity index (χ1n) is 14.5. The van der Waals surface area contributed by atoms with Gasteiger partial charge < -0.3 is 15.2 Å². The molecular formula is C33H32FN7O. The van der Waals surface area contributed by atoms with Crippen LogP contribution in [0.4, 0.5) is 4.39 Å². The number of hydrogen-bond acceptors (Lipinski definition) is 5. The summed E-state index contributed by atoms with van der Waals surface area (Å²) < 4.78 is 14.7. The molecule has 8 nitrogen and oxygen atoms in total. The zero-order valence-electron chi connectivity index (χ0n) is 23.4. The number of amides is 1. The van der Waals surface area contributed by atoms with Crippen LogP contribution < -0.4 is 5.32 Å². The molecule has 3 N–H and O–H groups in total. The molecule has 2 atom stereocenters. The van der Waals surface area contributed by atoms with Crippen molar-refractivity contribution < 1.29 is 9.18 Å². The van der Waals surface area contributed by atoms with Gasteiger partial charge >= 0.3 is 0 Å². The maximum absolute atomic E-state index is 14.7. The average Bonchev–Trinajstić information content (AvgIpc) is 3.56. The molecule has 2 aliphatic heterocycles. The Labute approximate surface area is 242 Å². The van der Waals surface area contributed by atoms with Crippen molar-refractivity contribution in [2.45, 2.75) is 25.3 Å². The second-order valence-electron chi connectivity index (χ2n) is 11.3. The predicted octanol–water partition coefficient (Wildman–Crippen LogP) is 5.60. The van der Waals surface area contributed by atoms with E-state index >= 15 is 0 Å². The predicted molar refractivity (Wildman–Crippen MR) is 165 cm³/mol. The summed E-state index contributed by atoms with van der Waals surface area (Å²) in [5, 5.41) is 12.6. The van der Waals surface area contributed by atoms with Gasteiger partial charge in [-0.05, 0) is 74.8 Å². The number of carbonyl (C=O) groups is 1. The van der Waals surface area contributed by atoms with Gasteiger partial charge in [-0.2, -0.15) is 5.10 Å². The fourth-order valence-electron chi connectivity index (χ4n) is 6.10. The molecule has 5 aromatic rings. The summed E-state index contributed by atoms with van der Waals surface area (Å²) in [6, 6.07) is 16.5. The summed E-state index contributed by atoms with van der Waals surface area (Å²) in [5.41, 5.74) is 6.28. The van der Waals surface area contributed by atoms with Crippen LogP contribution in [-0.2, 0) is 4.79 Å². The molecule has 1 saturated heterocycles. The van der Waals surface area contributed by atoms with E-state index in [0.717, 1.165) is 76.7 Å². The van der Waals surface area contributed by atoms with Gasteiger partial charge in [0.15, 0.2) is 5.65 Å². The van der Waals surface area contributed by atoms with Gasteiger partial charge in [0.1, 0.15) is 11.5 Å². The van der Waals surface area contributed by atoms with E-state index in [2.05, 4.69) is 48.5 Å². The van der Waals surface area contributed by atoms with Gasteiger partial charge in [0.25, 0.3) is 0 Å². The number of allylic oxidation sites excluding steroid dienone is 1. The van der Waals surface area contributed by atoms with E-state index in [9.17, 15) is 9.18 Å². The first-order valence-corrected chi connectivity index (χ1v) is 14.5. The molecule has 5 heterocycles. The van der Waals surface area contributed by atoms with Crippen molar-refractivity contribution >= 4 is 39.6 Å². The van der Waals surface area contributed by atoms with Crippen LogP contribution in [0.2, 0.25) is 0 Å². The Morgan fingerprint density at radius 2 is 1.93 bits per heavy atom. The number of pyridine rings is 1. The van der Waals surface area contributed by atoms with Crippen molar-refractivity contribution in [3.05, 3.63) is 78.3 Å². The molecule has 7 rings (SSSR count). The lowest BCUT2D eigenvalue weighted by Crippen LogP contribution is -2.40. The first kappa shape index (κ1) is 26.3. The highest BCUT2D eigenvalue weighted by atomic mass is 19.1. The van der Waals surface area contributed by atoms with Gasteiger partial charge in [0.05, 0.1) is 18.3 Å². The number of rotatable bonds is 5. The van der Waals surface area contributed by atoms with Gasteiger partial charge in [0, 0.05) is 45.7 Å². The van der Waals surface area contributed by atoms with E-state index < -0.39 is 0 Å². The topological polar surface area (TPSA) is 102 Å². The Hall–Kier alpha value is -4.63. The van der Waals surface area contributed by atoms with Gasteiger partial charge in [-0.1, -0.05) is 36.4 Å². The van der Waals surface area contributed by atoms with E-state index in [1.54, 1.807) is 18.3 Å². The van der Waals surface area contributed by atoms with Crippen LogP contribution in [-0.4, -0.2) is 69.9 Å². The fourth-order valence-corrected chi connectivity index (χ4v) is 6.10. The molecule has 0 saturated carbocycles. The largest absolute Gasteiger partial charge is 0.353 e. The van der Waals surface area contributed by atoms with Gasteiger partial charge in [-0.15, -0.1) is 0 Å². The molecule has 0 aliphatic carbocycles. The van der Waals surface area contributed by atoms with E-state index in [1.807, 2.05) is 42.6 Å². The Morgan fingerprint density at radius 3 is 2.83 bits per heavy atom. The SMILES string of the molecule is CN1CCCC(C(=O)N[C@H]2C=C(c3cnc4[nH]nc(-c5cc6c(-c7ccccc7F)cccc6[nH]5)c4c3)C=NC2)CC1. The molecule has 42 heavy (non-hydrogen) atoms. The van der Waals surface area contributed by atoms with Crippen LogP contribution >= 0.6 is 0 Å². The van der Waals surface area contributed by atoms with Crippen LogP contribution in [0.25, 0.3) is 50.0 Å². The highest BCUT2D eigenvalue weighted by molar-refractivity contribution is 6.12. The standard InChI is InChI=1S/C33H32FN7O/c1-41-12-5-6-20(11-13-41)33(42)37-23-14-21(17-35-19-23)22-15-27-31(39-40-32(27)36-18-22)30-16-26-24(8-4-10-29(26)38-30)25-7-2-3-9-28(25)34/h2-4,7-10,14-18,20,23,38H,5-6,11-13,19H2,1H3,(H,37,42)(H,36,39,40)/t20?,23-/m0/s1. The molecule has 0 radical (unpaired) electrons. The Kier molecular flexibility index (Phi) is 6.87. The molecule has 1 fully saturated rings. The number of aromatic nitrogens is 4. The minimum Gasteiger partial charge on any atom is -0.353 e. The highest BCUT2D eigenvalue weighted by Gasteiger charge is 2.24. The van der Waals surface area contributed by atoms with Crippen LogP contribution in [0.5, 0.6) is 0 Å². The second-order valence-corrected chi connectivity index (χ2v) is 11.3. The normalized spacial score (nSPS) is 19.6. The number of carbonyl (C=O) groups excluding carboxylic acids is 1. The van der Waals surface area contributed by atoms with Crippen molar-refractivity contribution in [2.75, 3.05) is 26.7 Å². The monoisotopic (exact) mass is 561 g/mol. The number of nitrogens with zero attached hydrogens (tertiary/aromatic N) is 4. The molecule has 3 aromatic heterocycles. The molecule has 1 unspecified atom stereocenters. The maximum atomic E-state index is 14.7. The number of nitrogens with one attached hydrogen (secondary N) is 3. The minimum atomic E-state index is -0.259. The van der Waals surface area contributed by atoms with Crippen LogP contribution in [0, 0.1) is 11.7 Å². The first-order chi connectivity index (χ1) is 20.5. The fraction of sp³-hybridized carbons (Fsp3) is 0.273. The molecule has 0 spiro atoms. The molecule has 212 valence electrons. The Balaban J connectivity index is 1.18. The Bertz CT molecular complexity index is 1850. The summed E-state index contributed by atoms with van der Waals surface area (Å²) >= 11 is 0. The van der Waals surface area contributed by atoms with E-state index in [-0.39, 0.29) is 23.7 Å². The number of hydrogen-bond donors (Lipinski definition) is 3. The molecule has 1 amide bonds. The third kappa shape index (κ3) is 5.00. The minimum absolute atomic E-state index is 0.0411. The zero-order valence-corrected chi connectivity index (χ0v) is 23.4. The van der Waals surface area contributed by atoms with Crippen molar-refractivity contribution in [3.8, 4) is 22.5 Å². The lowest BCUT2D eigenvalue weighted by Gasteiger charge is -2.21. The van der Waals surface area contributed by atoms with Crippen molar-refractivity contribution in [1.29, 1.82) is 0 Å². The number of likely N-dealkylation sites (tertiary alicyclic amines) is 1. The number of aliphatic imine (C=N–C) groups is 1. The van der Waals surface area contributed by atoms with Crippen LogP contribution in [0.1, 0.15) is 24.8 Å². The number of H-pyrrole nitrogens is 2. The molecule has 2 aliphatic rings. The van der Waals surface area contributed by atoms with Crippen molar-refractivity contribution in [3.63, 3.8) is 0 Å². The summed E-state index contributed by atoms with van der Waals surface area (Å²) in [7, 11) is 2.11. The van der Waals surface area contributed by atoms with Crippen LogP contribution in [0.3, 0.4) is 0 Å². The third-order valence-corrected chi connectivity index (χ3v) is 8.40. The van der Waals surface area contributed by atoms with Gasteiger partial charge in [-0.25, -0.2) is 9.37 Å². The molecule has 0 bridgehead atoms. The zero-order chi connectivity index (χ0) is 28.6. The van der Waals surface area contributed by atoms with E-state index in [0.29, 0.717) is 17.8 Å².